The topological polar surface area (TPSA) is 61.3 Å². The van der Waals surface area contributed by atoms with Crippen molar-refractivity contribution in [2.45, 2.75) is 25.2 Å². The third-order valence-corrected chi connectivity index (χ3v) is 10.7. The van der Waals surface area contributed by atoms with Crippen LogP contribution in [0.5, 0.6) is 11.5 Å². The lowest BCUT2D eigenvalue weighted by Crippen LogP contribution is -2.32. The van der Waals surface area contributed by atoms with Crippen molar-refractivity contribution >= 4 is 10.8 Å². The first-order valence-electron chi connectivity index (χ1n) is 18.3. The molecule has 3 heteroatoms. The van der Waals surface area contributed by atoms with Crippen LogP contribution in [0, 0.1) is 0 Å². The maximum atomic E-state index is 6.53. The number of para-hydroxylation sites is 2. The normalized spacial score (nSPS) is 12.5. The molecule has 0 radical (unpaired) electrons. The second kappa shape index (κ2) is 14.8. The molecule has 1 heterocycles. The quantitative estimate of drug-likeness (QED) is 0.143. The first kappa shape index (κ1) is 33.9. The molecule has 0 saturated heterocycles. The van der Waals surface area contributed by atoms with E-state index >= 15 is 0 Å². The number of aryl methyl sites for hydroxylation is 1. The van der Waals surface area contributed by atoms with E-state index in [9.17, 15) is 0 Å². The lowest BCUT2D eigenvalue weighted by molar-refractivity contribution is 0.436. The predicted octanol–water partition coefficient (Wildman–Crippen LogP) is 11.6. The van der Waals surface area contributed by atoms with Gasteiger partial charge in [-0.15, -0.1) is 0 Å². The molecule has 8 aromatic carbocycles. The number of fused-ring (bicyclic) bond motifs is 10. The Labute approximate surface area is 312 Å². The van der Waals surface area contributed by atoms with Gasteiger partial charge in [0, 0.05) is 11.1 Å². The van der Waals surface area contributed by atoms with E-state index in [4.69, 9.17) is 4.74 Å². The average molecular weight is 687 g/mol. The van der Waals surface area contributed by atoms with Gasteiger partial charge >= 0.3 is 0 Å². The first-order chi connectivity index (χ1) is 26.3. The number of hydrazine groups is 1. The van der Waals surface area contributed by atoms with Crippen LogP contribution in [0.2, 0.25) is 0 Å². The zero-order chi connectivity index (χ0) is 36.2. The van der Waals surface area contributed by atoms with Crippen molar-refractivity contribution in [3.8, 4) is 33.8 Å². The van der Waals surface area contributed by atoms with Gasteiger partial charge in [-0.3, -0.25) is 11.7 Å². The van der Waals surface area contributed by atoms with E-state index in [1.54, 1.807) is 0 Å². The zero-order valence-corrected chi connectivity index (χ0v) is 29.9. The van der Waals surface area contributed by atoms with Crippen molar-refractivity contribution in [1.29, 1.82) is 0 Å². The molecule has 4 N–H and O–H groups in total. The Kier molecular flexibility index (Phi) is 9.43. The van der Waals surface area contributed by atoms with Crippen LogP contribution in [0.25, 0.3) is 33.0 Å². The van der Waals surface area contributed by atoms with E-state index in [-0.39, 0.29) is 0 Å². The highest BCUT2D eigenvalue weighted by molar-refractivity contribution is 6.00. The minimum absolute atomic E-state index is 0.462. The van der Waals surface area contributed by atoms with Crippen LogP contribution in [0.1, 0.15) is 45.9 Å². The van der Waals surface area contributed by atoms with Crippen LogP contribution in [0.15, 0.2) is 188 Å². The highest BCUT2D eigenvalue weighted by Gasteiger charge is 2.51. The maximum Gasteiger partial charge on any atom is 0.132 e. The molecule has 1 spiro atoms. The summed E-state index contributed by atoms with van der Waals surface area (Å²) in [7, 11) is 0. The van der Waals surface area contributed by atoms with Gasteiger partial charge in [0.2, 0.25) is 0 Å². The SMILES string of the molecule is CCc1ccccc1.NN.c1ccc(Cc2cccc3c(-c4ccc5c(c4)C4(c6ccccc6Oc6ccccc64)c4ccccc4-5)cccc23)cc1. The van der Waals surface area contributed by atoms with Gasteiger partial charge in [-0.25, -0.2) is 0 Å². The van der Waals surface area contributed by atoms with E-state index in [2.05, 4.69) is 201 Å². The summed E-state index contributed by atoms with van der Waals surface area (Å²) in [6.45, 7) is 2.16. The molecule has 258 valence electrons. The number of hydrogen-bond donors (Lipinski definition) is 2. The Balaban J connectivity index is 0.000000353. The Morgan fingerprint density at radius 2 is 0.962 bits per heavy atom. The summed E-state index contributed by atoms with van der Waals surface area (Å²) >= 11 is 0. The van der Waals surface area contributed by atoms with Crippen molar-refractivity contribution < 1.29 is 4.74 Å². The molecule has 1 aliphatic heterocycles. The molecule has 8 aromatic rings. The van der Waals surface area contributed by atoms with Crippen molar-refractivity contribution in [1.82, 2.24) is 0 Å². The van der Waals surface area contributed by atoms with Gasteiger partial charge in [0.1, 0.15) is 11.5 Å². The van der Waals surface area contributed by atoms with Gasteiger partial charge in [0.25, 0.3) is 0 Å². The molecule has 0 bridgehead atoms. The van der Waals surface area contributed by atoms with E-state index in [1.807, 2.05) is 6.07 Å². The van der Waals surface area contributed by atoms with Gasteiger partial charge < -0.3 is 4.74 Å². The minimum Gasteiger partial charge on any atom is -0.457 e. The summed E-state index contributed by atoms with van der Waals surface area (Å²) < 4.78 is 6.53. The Morgan fingerprint density at radius 3 is 1.62 bits per heavy atom. The summed E-state index contributed by atoms with van der Waals surface area (Å²) in [5.74, 6) is 9.84. The standard InChI is InChI=1S/C42H28O.C8H10.H4N2/c1-2-12-28(13-3-1)26-29-14-10-18-33-31(29)16-11-17-32(33)30-24-25-35-34-15-4-5-19-36(34)42(39(35)27-30)37-20-6-8-22-40(37)43-41-23-9-7-21-38(41)42;1-2-8-6-4-3-5-7-8;1-2/h1-25,27H,26H2;3-7H,2H2,1H3;1-2H2. The number of rotatable bonds is 4. The van der Waals surface area contributed by atoms with Crippen LogP contribution in [-0.4, -0.2) is 0 Å². The molecule has 0 saturated carbocycles. The highest BCUT2D eigenvalue weighted by atomic mass is 16.5. The van der Waals surface area contributed by atoms with Crippen LogP contribution < -0.4 is 16.4 Å². The summed E-state index contributed by atoms with van der Waals surface area (Å²) in [6.07, 6.45) is 2.05. The molecule has 0 unspecified atom stereocenters. The van der Waals surface area contributed by atoms with Crippen LogP contribution in [-0.2, 0) is 18.3 Å². The highest BCUT2D eigenvalue weighted by Crippen LogP contribution is 2.62. The number of nitrogens with two attached hydrogens (primary N) is 2. The Morgan fingerprint density at radius 1 is 0.434 bits per heavy atom. The van der Waals surface area contributed by atoms with E-state index in [0.717, 1.165) is 24.3 Å². The van der Waals surface area contributed by atoms with Crippen LogP contribution in [0.4, 0.5) is 0 Å². The molecule has 1 aliphatic carbocycles. The van der Waals surface area contributed by atoms with Crippen molar-refractivity contribution in [2.75, 3.05) is 0 Å². The van der Waals surface area contributed by atoms with E-state index in [1.165, 1.54) is 72.0 Å². The lowest BCUT2D eigenvalue weighted by atomic mass is 9.66. The molecule has 3 nitrogen and oxygen atoms in total. The molecule has 0 aromatic heterocycles. The maximum absolute atomic E-state index is 6.53. The molecular weight excluding hydrogens is 645 g/mol. The molecular formula is C50H42N2O. The number of hydrogen-bond acceptors (Lipinski definition) is 3. The summed E-state index contributed by atoms with van der Waals surface area (Å²) in [5.41, 5.74) is 13.7. The Hall–Kier alpha value is -6.26. The fourth-order valence-electron chi connectivity index (χ4n) is 8.33. The number of ether oxygens (including phenoxy) is 1. The van der Waals surface area contributed by atoms with Crippen molar-refractivity contribution in [3.05, 3.63) is 227 Å². The summed E-state index contributed by atoms with van der Waals surface area (Å²) in [6, 6.07) is 67.9. The molecule has 0 amide bonds. The summed E-state index contributed by atoms with van der Waals surface area (Å²) in [5, 5.41) is 2.59. The van der Waals surface area contributed by atoms with Gasteiger partial charge in [0.15, 0.2) is 0 Å². The second-order valence-electron chi connectivity index (χ2n) is 13.5. The molecule has 0 atom stereocenters. The third-order valence-electron chi connectivity index (χ3n) is 10.7. The minimum atomic E-state index is -0.462. The number of benzene rings is 8. The van der Waals surface area contributed by atoms with Crippen molar-refractivity contribution in [2.24, 2.45) is 11.7 Å². The molecule has 10 rings (SSSR count). The summed E-state index contributed by atoms with van der Waals surface area (Å²) in [4.78, 5) is 0. The Bertz CT molecular complexity index is 2480. The average Bonchev–Trinajstić information content (AvgIpc) is 3.52. The van der Waals surface area contributed by atoms with E-state index < -0.39 is 5.41 Å². The fraction of sp³-hybridized carbons (Fsp3) is 0.0800. The predicted molar refractivity (Wildman–Crippen MR) is 220 cm³/mol. The largest absolute Gasteiger partial charge is 0.457 e. The lowest BCUT2D eigenvalue weighted by Gasteiger charge is -2.39. The second-order valence-corrected chi connectivity index (χ2v) is 13.5. The molecule has 2 aliphatic rings. The van der Waals surface area contributed by atoms with Crippen LogP contribution >= 0.6 is 0 Å². The van der Waals surface area contributed by atoms with Gasteiger partial charge in [-0.1, -0.05) is 177 Å². The first-order valence-corrected chi connectivity index (χ1v) is 18.3. The van der Waals surface area contributed by atoms with Gasteiger partial charge in [-0.2, -0.15) is 0 Å². The van der Waals surface area contributed by atoms with Gasteiger partial charge in [0.05, 0.1) is 5.41 Å². The third kappa shape index (κ3) is 5.90. The van der Waals surface area contributed by atoms with E-state index in [0.29, 0.717) is 0 Å². The van der Waals surface area contributed by atoms with Gasteiger partial charge in [-0.05, 0) is 91.9 Å². The molecule has 53 heavy (non-hydrogen) atoms. The molecule has 0 fully saturated rings. The monoisotopic (exact) mass is 686 g/mol. The fourth-order valence-corrected chi connectivity index (χ4v) is 8.33. The van der Waals surface area contributed by atoms with Crippen LogP contribution in [0.3, 0.4) is 0 Å². The van der Waals surface area contributed by atoms with Crippen molar-refractivity contribution in [3.63, 3.8) is 0 Å². The smallest absolute Gasteiger partial charge is 0.132 e. The zero-order valence-electron chi connectivity index (χ0n) is 29.9.